The van der Waals surface area contributed by atoms with Gasteiger partial charge in [-0.25, -0.2) is 4.98 Å². The number of pyridine rings is 2. The van der Waals surface area contributed by atoms with Crippen LogP contribution in [0.2, 0.25) is 0 Å². The second-order valence-corrected chi connectivity index (χ2v) is 8.37. The molecule has 1 atom stereocenters. The van der Waals surface area contributed by atoms with Gasteiger partial charge in [0, 0.05) is 23.0 Å². The van der Waals surface area contributed by atoms with Gasteiger partial charge < -0.3 is 15.3 Å². The number of hydrogen-bond donors (Lipinski definition) is 2. The maximum Gasteiger partial charge on any atom is 0.291 e. The third kappa shape index (κ3) is 4.59. The molecule has 0 spiro atoms. The summed E-state index contributed by atoms with van der Waals surface area (Å²) in [4.78, 5) is 32.1. The zero-order chi connectivity index (χ0) is 21.3. The number of halogens is 1. The molecule has 0 bridgehead atoms. The van der Waals surface area contributed by atoms with Crippen molar-refractivity contribution < 1.29 is 14.0 Å². The first-order valence-electron chi connectivity index (χ1n) is 10.4. The van der Waals surface area contributed by atoms with Gasteiger partial charge in [0.2, 0.25) is 11.9 Å². The molecule has 2 aromatic rings. The van der Waals surface area contributed by atoms with Crippen LogP contribution in [-0.2, 0) is 9.59 Å². The normalized spacial score (nSPS) is 16.9. The second kappa shape index (κ2) is 8.64. The highest BCUT2D eigenvalue weighted by Gasteiger charge is 2.47. The molecule has 0 saturated heterocycles. The molecule has 2 aliphatic carbocycles. The summed E-state index contributed by atoms with van der Waals surface area (Å²) in [7, 11) is 1.27. The number of amides is 1. The van der Waals surface area contributed by atoms with Crippen molar-refractivity contribution in [2.75, 3.05) is 5.32 Å². The first kappa shape index (κ1) is 20.7. The fraction of sp³-hybridized carbons (Fsp3) is 0.455. The van der Waals surface area contributed by atoms with Crippen molar-refractivity contribution >= 4 is 25.3 Å². The molecule has 155 valence electrons. The Labute approximate surface area is 176 Å². The van der Waals surface area contributed by atoms with Crippen LogP contribution in [0.25, 0.3) is 11.1 Å². The number of carbonyl (C=O) groups is 2. The molecule has 2 aromatic heterocycles. The third-order valence-corrected chi connectivity index (χ3v) is 5.96. The fourth-order valence-electron chi connectivity index (χ4n) is 4.22. The van der Waals surface area contributed by atoms with Gasteiger partial charge in [0.05, 0.1) is 12.2 Å². The van der Waals surface area contributed by atoms with E-state index in [4.69, 9.17) is 0 Å². The molecule has 2 saturated carbocycles. The molecule has 1 radical (unpaired) electrons. The number of rotatable bonds is 9. The minimum atomic E-state index is -0.659. The maximum absolute atomic E-state index is 14.8. The van der Waals surface area contributed by atoms with Gasteiger partial charge in [-0.15, -0.1) is 0 Å². The van der Waals surface area contributed by atoms with E-state index in [1.165, 1.54) is 7.41 Å². The summed E-state index contributed by atoms with van der Waals surface area (Å²) in [6, 6.07) is 4.55. The molecule has 2 N–H and O–H groups in total. The predicted octanol–water partition coefficient (Wildman–Crippen LogP) is 3.04. The summed E-state index contributed by atoms with van der Waals surface area (Å²) in [6.45, 7) is 3.72. The number of aryl methyl sites for hydroxylation is 2. The summed E-state index contributed by atoms with van der Waals surface area (Å²) >= 11 is 0. The highest BCUT2D eigenvalue weighted by molar-refractivity contribution is 6.64. The molecule has 2 aliphatic rings. The Morgan fingerprint density at radius 2 is 1.90 bits per heavy atom. The highest BCUT2D eigenvalue weighted by Crippen LogP contribution is 2.50. The van der Waals surface area contributed by atoms with Crippen molar-refractivity contribution in [1.82, 2.24) is 15.2 Å². The lowest BCUT2D eigenvalue weighted by molar-refractivity contribution is -0.119. The number of anilines is 1. The van der Waals surface area contributed by atoms with Crippen molar-refractivity contribution in [1.29, 1.82) is 0 Å². The van der Waals surface area contributed by atoms with Crippen LogP contribution in [0.3, 0.4) is 0 Å². The summed E-state index contributed by atoms with van der Waals surface area (Å²) in [5.74, 6) is 0.404. The van der Waals surface area contributed by atoms with E-state index in [9.17, 15) is 14.0 Å². The van der Waals surface area contributed by atoms with Crippen LogP contribution in [0.5, 0.6) is 0 Å². The molecule has 0 unspecified atom stereocenters. The van der Waals surface area contributed by atoms with Gasteiger partial charge in [0.1, 0.15) is 5.82 Å². The Morgan fingerprint density at radius 1 is 1.20 bits per heavy atom. The largest absolute Gasteiger partial charge is 0.343 e. The Bertz CT molecular complexity index is 950. The Kier molecular flexibility index (Phi) is 5.95. The number of aromatic nitrogens is 2. The van der Waals surface area contributed by atoms with Crippen LogP contribution in [0.4, 0.5) is 10.2 Å². The first-order chi connectivity index (χ1) is 14.5. The van der Waals surface area contributed by atoms with Crippen LogP contribution in [-0.4, -0.2) is 35.5 Å². The topological polar surface area (TPSA) is 84.0 Å². The number of nitrogens with zero attached hydrogens (tertiary/aromatic N) is 2. The molecule has 30 heavy (non-hydrogen) atoms. The maximum atomic E-state index is 14.8. The Hall–Kier alpha value is -2.61. The van der Waals surface area contributed by atoms with Gasteiger partial charge in [-0.1, -0.05) is 0 Å². The summed E-state index contributed by atoms with van der Waals surface area (Å²) in [5.41, 5.74) is 2.67. The van der Waals surface area contributed by atoms with Gasteiger partial charge in [-0.05, 0) is 81.0 Å². The van der Waals surface area contributed by atoms with Crippen LogP contribution in [0, 0.1) is 37.5 Å². The molecular weight excluding hydrogens is 382 g/mol. The minimum Gasteiger partial charge on any atom is -0.343 e. The first-order valence-corrected chi connectivity index (χ1v) is 10.4. The van der Waals surface area contributed by atoms with Crippen LogP contribution >= 0.6 is 0 Å². The summed E-state index contributed by atoms with van der Waals surface area (Å²) < 4.78 is 14.8. The Morgan fingerprint density at radius 3 is 2.50 bits per heavy atom. The van der Waals surface area contributed by atoms with Crippen LogP contribution in [0.1, 0.15) is 36.9 Å². The zero-order valence-corrected chi connectivity index (χ0v) is 17.2. The SMILES string of the molecule is Cc1cnc(C)c(-c2ccc(NC(=O)[C@@H](N[B]C=O)C(C3CC3)C3CC3)nc2F)c1. The van der Waals surface area contributed by atoms with Gasteiger partial charge in [-0.2, -0.15) is 4.39 Å². The average Bonchev–Trinajstić information content (AvgIpc) is 3.61. The van der Waals surface area contributed by atoms with Crippen molar-refractivity contribution in [3.05, 3.63) is 41.6 Å². The third-order valence-electron chi connectivity index (χ3n) is 5.96. The van der Waals surface area contributed by atoms with E-state index >= 15 is 0 Å². The number of hydrogen-bond acceptors (Lipinski definition) is 5. The van der Waals surface area contributed by atoms with Crippen LogP contribution in [0.15, 0.2) is 24.4 Å². The quantitative estimate of drug-likeness (QED) is 0.379. The van der Waals surface area contributed by atoms with Crippen molar-refractivity contribution in [3.8, 4) is 11.1 Å². The van der Waals surface area contributed by atoms with Crippen molar-refractivity contribution in [2.24, 2.45) is 17.8 Å². The molecular formula is C22H25BFN4O2. The summed E-state index contributed by atoms with van der Waals surface area (Å²) in [6.07, 6.45) is 6.82. The molecule has 6 nitrogen and oxygen atoms in total. The van der Waals surface area contributed by atoms with E-state index in [-0.39, 0.29) is 17.6 Å². The molecule has 0 aliphatic heterocycles. The lowest BCUT2D eigenvalue weighted by Gasteiger charge is -2.27. The fourth-order valence-corrected chi connectivity index (χ4v) is 4.22. The molecule has 2 fully saturated rings. The summed E-state index contributed by atoms with van der Waals surface area (Å²) in [5, 5.41) is 5.70. The van der Waals surface area contributed by atoms with E-state index in [0.29, 0.717) is 34.8 Å². The minimum absolute atomic E-state index is 0.155. The van der Waals surface area contributed by atoms with E-state index in [2.05, 4.69) is 20.5 Å². The van der Waals surface area contributed by atoms with E-state index in [0.717, 1.165) is 31.2 Å². The monoisotopic (exact) mass is 407 g/mol. The van der Waals surface area contributed by atoms with Gasteiger partial charge in [0.25, 0.3) is 7.41 Å². The molecule has 8 heteroatoms. The van der Waals surface area contributed by atoms with Crippen molar-refractivity contribution in [2.45, 2.75) is 45.6 Å². The number of carbonyl (C=O) groups excluding carboxylic acids is 2. The Balaban J connectivity index is 1.53. The van der Waals surface area contributed by atoms with Gasteiger partial charge in [-0.3, -0.25) is 9.78 Å². The lowest BCUT2D eigenvalue weighted by Crippen LogP contribution is -2.49. The molecule has 4 rings (SSSR count). The van der Waals surface area contributed by atoms with E-state index < -0.39 is 12.0 Å². The zero-order valence-electron chi connectivity index (χ0n) is 17.2. The van der Waals surface area contributed by atoms with Gasteiger partial charge >= 0.3 is 0 Å². The predicted molar refractivity (Wildman–Crippen MR) is 114 cm³/mol. The molecule has 0 aromatic carbocycles. The van der Waals surface area contributed by atoms with Gasteiger partial charge in [0.15, 0.2) is 0 Å². The standard InChI is InChI=1S/C22H25BFN4O2/c1-12-9-17(13(2)25-10-12)16-7-8-18(26-21(16)24)27-22(30)20(28-23-11-29)19(14-3-4-14)15-5-6-15/h7-11,14-15,19-20,28H,3-6H2,1-2H3,(H,26,27,30)/t20-/m0/s1. The van der Waals surface area contributed by atoms with Crippen molar-refractivity contribution in [3.63, 3.8) is 0 Å². The lowest BCUT2D eigenvalue weighted by atomic mass is 9.84. The van der Waals surface area contributed by atoms with Crippen LogP contribution < -0.4 is 10.5 Å². The van der Waals surface area contributed by atoms with E-state index in [1.807, 2.05) is 19.9 Å². The molecule has 2 heterocycles. The highest BCUT2D eigenvalue weighted by atomic mass is 19.1. The second-order valence-electron chi connectivity index (χ2n) is 8.37. The number of nitrogens with one attached hydrogen (secondary N) is 2. The van der Waals surface area contributed by atoms with E-state index in [1.54, 1.807) is 18.3 Å². The average molecular weight is 407 g/mol. The smallest absolute Gasteiger partial charge is 0.291 e. The molecule has 1 amide bonds.